The number of carbonyl (C=O) groups excluding carboxylic acids is 1. The molecule has 0 saturated heterocycles. The third kappa shape index (κ3) is 4.56. The zero-order valence-electron chi connectivity index (χ0n) is 13.5. The van der Waals surface area contributed by atoms with Gasteiger partial charge in [0, 0.05) is 19.2 Å². The van der Waals surface area contributed by atoms with Gasteiger partial charge in [0.2, 0.25) is 5.91 Å². The molecule has 0 aromatic heterocycles. The van der Waals surface area contributed by atoms with E-state index in [-0.39, 0.29) is 5.91 Å². The Morgan fingerprint density at radius 1 is 1.23 bits per heavy atom. The lowest BCUT2D eigenvalue weighted by atomic mass is 10.2. The molecule has 1 amide bonds. The second kappa shape index (κ2) is 8.54. The van der Waals surface area contributed by atoms with Gasteiger partial charge < -0.3 is 9.64 Å². The summed E-state index contributed by atoms with van der Waals surface area (Å²) in [6.07, 6.45) is 4.04. The van der Waals surface area contributed by atoms with Crippen LogP contribution >= 0.6 is 0 Å². The zero-order chi connectivity index (χ0) is 15.8. The maximum atomic E-state index is 11.8. The van der Waals surface area contributed by atoms with Crippen molar-refractivity contribution in [2.24, 2.45) is 5.10 Å². The van der Waals surface area contributed by atoms with Crippen LogP contribution in [0.1, 0.15) is 33.1 Å². The predicted molar refractivity (Wildman–Crippen MR) is 89.6 cm³/mol. The topological polar surface area (TPSA) is 45.1 Å². The number of hydrogen-bond donors (Lipinski definition) is 0. The number of benzene rings is 1. The van der Waals surface area contributed by atoms with Gasteiger partial charge in [-0.25, -0.2) is 5.01 Å². The first kappa shape index (κ1) is 16.5. The number of nitrogens with zero attached hydrogens (tertiary/aromatic N) is 3. The molecule has 0 aliphatic carbocycles. The van der Waals surface area contributed by atoms with Crippen LogP contribution in [-0.4, -0.2) is 43.3 Å². The first-order chi connectivity index (χ1) is 10.7. The van der Waals surface area contributed by atoms with E-state index in [9.17, 15) is 4.79 Å². The van der Waals surface area contributed by atoms with Gasteiger partial charge in [0.1, 0.15) is 5.75 Å². The number of hydrazone groups is 1. The SMILES string of the molecule is CCN(CC)CCCOc1ccc(N2N=CCCC2=O)cc1. The Balaban J connectivity index is 1.81. The second-order valence-corrected chi connectivity index (χ2v) is 5.27. The van der Waals surface area contributed by atoms with Crippen molar-refractivity contribution in [3.63, 3.8) is 0 Å². The Morgan fingerprint density at radius 2 is 1.95 bits per heavy atom. The third-order valence-electron chi connectivity index (χ3n) is 3.78. The largest absolute Gasteiger partial charge is 0.494 e. The first-order valence-electron chi connectivity index (χ1n) is 8.05. The van der Waals surface area contributed by atoms with E-state index in [1.54, 1.807) is 6.21 Å². The molecular formula is C17H25N3O2. The molecular weight excluding hydrogens is 278 g/mol. The van der Waals surface area contributed by atoms with Crippen LogP contribution in [0.2, 0.25) is 0 Å². The summed E-state index contributed by atoms with van der Waals surface area (Å²) in [5.74, 6) is 0.868. The molecule has 0 fully saturated rings. The van der Waals surface area contributed by atoms with Crippen molar-refractivity contribution in [2.45, 2.75) is 33.1 Å². The van der Waals surface area contributed by atoms with Crippen molar-refractivity contribution in [1.82, 2.24) is 4.90 Å². The first-order valence-corrected chi connectivity index (χ1v) is 8.05. The highest BCUT2D eigenvalue weighted by Crippen LogP contribution is 2.22. The van der Waals surface area contributed by atoms with E-state index in [0.29, 0.717) is 13.0 Å². The molecule has 5 nitrogen and oxygen atoms in total. The maximum Gasteiger partial charge on any atom is 0.247 e. The second-order valence-electron chi connectivity index (χ2n) is 5.27. The molecule has 5 heteroatoms. The van der Waals surface area contributed by atoms with Crippen LogP contribution in [0, 0.1) is 0 Å². The molecule has 0 unspecified atom stereocenters. The molecule has 0 N–H and O–H groups in total. The molecule has 1 aliphatic rings. The van der Waals surface area contributed by atoms with Crippen molar-refractivity contribution in [3.8, 4) is 5.75 Å². The minimum absolute atomic E-state index is 0.0374. The van der Waals surface area contributed by atoms with Gasteiger partial charge in [-0.1, -0.05) is 13.8 Å². The van der Waals surface area contributed by atoms with Crippen LogP contribution in [0.25, 0.3) is 0 Å². The molecule has 2 rings (SSSR count). The fourth-order valence-electron chi connectivity index (χ4n) is 2.41. The van der Waals surface area contributed by atoms with Crippen molar-refractivity contribution in [2.75, 3.05) is 31.3 Å². The summed E-state index contributed by atoms with van der Waals surface area (Å²) in [6.45, 7) is 8.27. The fraction of sp³-hybridized carbons (Fsp3) is 0.529. The molecule has 1 heterocycles. The Morgan fingerprint density at radius 3 is 2.59 bits per heavy atom. The zero-order valence-corrected chi connectivity index (χ0v) is 13.5. The van der Waals surface area contributed by atoms with E-state index >= 15 is 0 Å². The van der Waals surface area contributed by atoms with E-state index < -0.39 is 0 Å². The van der Waals surface area contributed by atoms with Crippen LogP contribution in [0.4, 0.5) is 5.69 Å². The molecule has 1 aliphatic heterocycles. The molecule has 120 valence electrons. The molecule has 22 heavy (non-hydrogen) atoms. The minimum atomic E-state index is 0.0374. The number of rotatable bonds is 8. The van der Waals surface area contributed by atoms with Crippen molar-refractivity contribution >= 4 is 17.8 Å². The van der Waals surface area contributed by atoms with Crippen LogP contribution in [0.3, 0.4) is 0 Å². The van der Waals surface area contributed by atoms with Gasteiger partial charge in [-0.2, -0.15) is 5.10 Å². The van der Waals surface area contributed by atoms with Crippen molar-refractivity contribution in [3.05, 3.63) is 24.3 Å². The van der Waals surface area contributed by atoms with E-state index in [0.717, 1.165) is 43.9 Å². The number of amides is 1. The van der Waals surface area contributed by atoms with E-state index in [1.807, 2.05) is 24.3 Å². The predicted octanol–water partition coefficient (Wildman–Crippen LogP) is 2.91. The Hall–Kier alpha value is -1.88. The summed E-state index contributed by atoms with van der Waals surface area (Å²) >= 11 is 0. The van der Waals surface area contributed by atoms with Crippen LogP contribution in [-0.2, 0) is 4.79 Å². The van der Waals surface area contributed by atoms with Gasteiger partial charge in [0.25, 0.3) is 0 Å². The molecule has 0 saturated carbocycles. The normalized spacial score (nSPS) is 14.7. The number of anilines is 1. The molecule has 0 bridgehead atoms. The lowest BCUT2D eigenvalue weighted by Crippen LogP contribution is -2.28. The fourth-order valence-corrected chi connectivity index (χ4v) is 2.41. The Bertz CT molecular complexity index is 495. The number of carbonyl (C=O) groups is 1. The minimum Gasteiger partial charge on any atom is -0.494 e. The summed E-state index contributed by atoms with van der Waals surface area (Å²) in [6, 6.07) is 7.54. The summed E-state index contributed by atoms with van der Waals surface area (Å²) in [5, 5.41) is 5.59. The van der Waals surface area contributed by atoms with Gasteiger partial charge in [-0.05, 0) is 50.2 Å². The highest BCUT2D eigenvalue weighted by molar-refractivity contribution is 5.96. The standard InChI is InChI=1S/C17H25N3O2/c1-3-19(4-2)13-6-14-22-16-10-8-15(9-11-16)20-17(21)7-5-12-18-20/h8-12H,3-7,13-14H2,1-2H3. The Labute approximate surface area is 132 Å². The van der Waals surface area contributed by atoms with Crippen molar-refractivity contribution in [1.29, 1.82) is 0 Å². The van der Waals surface area contributed by atoms with Crippen LogP contribution in [0.15, 0.2) is 29.4 Å². The van der Waals surface area contributed by atoms with Gasteiger partial charge in [0.05, 0.1) is 12.3 Å². The van der Waals surface area contributed by atoms with Gasteiger partial charge >= 0.3 is 0 Å². The summed E-state index contributed by atoms with van der Waals surface area (Å²) in [5.41, 5.74) is 0.788. The molecule has 0 radical (unpaired) electrons. The number of ether oxygens (including phenoxy) is 1. The lowest BCUT2D eigenvalue weighted by Gasteiger charge is -2.20. The van der Waals surface area contributed by atoms with Gasteiger partial charge in [-0.15, -0.1) is 0 Å². The van der Waals surface area contributed by atoms with Crippen LogP contribution < -0.4 is 9.75 Å². The van der Waals surface area contributed by atoms with Gasteiger partial charge in [0.15, 0.2) is 0 Å². The quantitative estimate of drug-likeness (QED) is 0.694. The molecule has 1 aromatic carbocycles. The van der Waals surface area contributed by atoms with E-state index in [4.69, 9.17) is 4.74 Å². The molecule has 0 spiro atoms. The molecule has 0 atom stereocenters. The van der Waals surface area contributed by atoms with Gasteiger partial charge in [-0.3, -0.25) is 4.79 Å². The van der Waals surface area contributed by atoms with Crippen LogP contribution in [0.5, 0.6) is 5.75 Å². The maximum absolute atomic E-state index is 11.8. The van der Waals surface area contributed by atoms with Crippen molar-refractivity contribution < 1.29 is 9.53 Å². The highest BCUT2D eigenvalue weighted by atomic mass is 16.5. The highest BCUT2D eigenvalue weighted by Gasteiger charge is 2.17. The summed E-state index contributed by atoms with van der Waals surface area (Å²) in [7, 11) is 0. The van der Waals surface area contributed by atoms with E-state index in [1.165, 1.54) is 5.01 Å². The van der Waals surface area contributed by atoms with E-state index in [2.05, 4.69) is 23.8 Å². The number of hydrogen-bond acceptors (Lipinski definition) is 4. The monoisotopic (exact) mass is 303 g/mol. The smallest absolute Gasteiger partial charge is 0.247 e. The third-order valence-corrected chi connectivity index (χ3v) is 3.78. The Kier molecular flexibility index (Phi) is 6.40. The average molecular weight is 303 g/mol. The lowest BCUT2D eigenvalue weighted by molar-refractivity contribution is -0.118. The summed E-state index contributed by atoms with van der Waals surface area (Å²) in [4.78, 5) is 14.2. The molecule has 1 aromatic rings. The average Bonchev–Trinajstić information content (AvgIpc) is 2.56. The summed E-state index contributed by atoms with van der Waals surface area (Å²) < 4.78 is 5.75.